The molecule has 0 spiro atoms. The Bertz CT molecular complexity index is 1120. The summed E-state index contributed by atoms with van der Waals surface area (Å²) < 4.78 is 13.1. The van der Waals surface area contributed by atoms with Gasteiger partial charge in [0, 0.05) is 11.4 Å². The molecule has 31 heavy (non-hydrogen) atoms. The van der Waals surface area contributed by atoms with Gasteiger partial charge < -0.3 is 20.1 Å². The number of fused-ring (bicyclic) bond motifs is 1. The predicted molar refractivity (Wildman–Crippen MR) is 118 cm³/mol. The zero-order valence-electron chi connectivity index (χ0n) is 17.9. The Morgan fingerprint density at radius 3 is 2.65 bits per heavy atom. The molecule has 1 aliphatic rings. The molecule has 8 heteroatoms. The SMILES string of the molecule is COc1cc(C2C(C(=O)Nc3ccccc3)=C(C)Nc3ncnn32)ccc1OC(C)C. The number of aromatic nitrogens is 3. The van der Waals surface area contributed by atoms with Crippen LogP contribution in [0.4, 0.5) is 11.6 Å². The van der Waals surface area contributed by atoms with Crippen LogP contribution in [0.1, 0.15) is 32.4 Å². The average molecular weight is 419 g/mol. The van der Waals surface area contributed by atoms with Crippen molar-refractivity contribution in [3.05, 3.63) is 71.7 Å². The molecule has 1 amide bonds. The van der Waals surface area contributed by atoms with E-state index in [4.69, 9.17) is 9.47 Å². The van der Waals surface area contributed by atoms with Crippen LogP contribution in [0.15, 0.2) is 66.1 Å². The van der Waals surface area contributed by atoms with E-state index in [0.29, 0.717) is 34.4 Å². The van der Waals surface area contributed by atoms with Gasteiger partial charge in [0.15, 0.2) is 11.5 Å². The van der Waals surface area contributed by atoms with Crippen LogP contribution in [0.5, 0.6) is 11.5 Å². The van der Waals surface area contributed by atoms with Crippen molar-refractivity contribution >= 4 is 17.5 Å². The second-order valence-corrected chi connectivity index (χ2v) is 7.49. The average Bonchev–Trinajstić information content (AvgIpc) is 3.21. The molecule has 160 valence electrons. The van der Waals surface area contributed by atoms with E-state index in [9.17, 15) is 4.79 Å². The number of hydrogen-bond acceptors (Lipinski definition) is 6. The molecule has 1 unspecified atom stereocenters. The van der Waals surface area contributed by atoms with Crippen LogP contribution in [0.25, 0.3) is 0 Å². The lowest BCUT2D eigenvalue weighted by molar-refractivity contribution is -0.113. The maximum Gasteiger partial charge on any atom is 0.255 e. The molecule has 4 rings (SSSR count). The lowest BCUT2D eigenvalue weighted by Gasteiger charge is -2.29. The van der Waals surface area contributed by atoms with Gasteiger partial charge in [-0.2, -0.15) is 10.1 Å². The van der Waals surface area contributed by atoms with Crippen LogP contribution in [0.2, 0.25) is 0 Å². The summed E-state index contributed by atoms with van der Waals surface area (Å²) in [5.74, 6) is 1.58. The van der Waals surface area contributed by atoms with Crippen molar-refractivity contribution in [3.8, 4) is 11.5 Å². The molecule has 1 aliphatic heterocycles. The van der Waals surface area contributed by atoms with Crippen LogP contribution in [0.3, 0.4) is 0 Å². The van der Waals surface area contributed by atoms with Crippen molar-refractivity contribution in [3.63, 3.8) is 0 Å². The number of amides is 1. The third kappa shape index (κ3) is 4.09. The fourth-order valence-corrected chi connectivity index (χ4v) is 3.62. The highest BCUT2D eigenvalue weighted by Gasteiger charge is 2.34. The number of methoxy groups -OCH3 is 1. The van der Waals surface area contributed by atoms with Gasteiger partial charge in [0.25, 0.3) is 5.91 Å². The fraction of sp³-hybridized carbons (Fsp3) is 0.261. The molecule has 0 fully saturated rings. The summed E-state index contributed by atoms with van der Waals surface area (Å²) in [6.07, 6.45) is 1.48. The highest BCUT2D eigenvalue weighted by atomic mass is 16.5. The molecule has 2 N–H and O–H groups in total. The monoisotopic (exact) mass is 419 g/mol. The maximum absolute atomic E-state index is 13.3. The number of carbonyl (C=O) groups excluding carboxylic acids is 1. The summed E-state index contributed by atoms with van der Waals surface area (Å²) in [6, 6.07) is 14.5. The second kappa shape index (κ2) is 8.51. The maximum atomic E-state index is 13.3. The highest BCUT2D eigenvalue weighted by molar-refractivity contribution is 6.06. The number of rotatable bonds is 6. The second-order valence-electron chi connectivity index (χ2n) is 7.49. The van der Waals surface area contributed by atoms with E-state index >= 15 is 0 Å². The fourth-order valence-electron chi connectivity index (χ4n) is 3.62. The number of anilines is 2. The molecule has 3 aromatic rings. The number of benzene rings is 2. The normalized spacial score (nSPS) is 15.3. The van der Waals surface area contributed by atoms with Gasteiger partial charge in [-0.05, 0) is 50.6 Å². The summed E-state index contributed by atoms with van der Waals surface area (Å²) in [5, 5.41) is 10.5. The van der Waals surface area contributed by atoms with Gasteiger partial charge in [0.05, 0.1) is 18.8 Å². The number of ether oxygens (including phenoxy) is 2. The van der Waals surface area contributed by atoms with Crippen LogP contribution >= 0.6 is 0 Å². The highest BCUT2D eigenvalue weighted by Crippen LogP contribution is 2.39. The van der Waals surface area contributed by atoms with E-state index in [1.54, 1.807) is 11.8 Å². The molecule has 0 aliphatic carbocycles. The molecule has 1 atom stereocenters. The third-order valence-corrected chi connectivity index (χ3v) is 4.94. The molecular formula is C23H25N5O3. The van der Waals surface area contributed by atoms with Gasteiger partial charge >= 0.3 is 0 Å². The number of carbonyl (C=O) groups is 1. The molecule has 0 saturated carbocycles. The Morgan fingerprint density at radius 2 is 1.94 bits per heavy atom. The van der Waals surface area contributed by atoms with Crippen molar-refractivity contribution in [1.82, 2.24) is 14.8 Å². The number of nitrogens with one attached hydrogen (secondary N) is 2. The Balaban J connectivity index is 1.77. The standard InChI is InChI=1S/C23H25N5O3/c1-14(2)31-18-11-10-16(12-19(18)30-4)21-20(15(3)26-23-24-13-25-28(21)23)22(29)27-17-8-6-5-7-9-17/h5-14,21H,1-4H3,(H,27,29)(H,24,25,26). The molecule has 1 aromatic heterocycles. The Kier molecular flexibility index (Phi) is 5.62. The first-order valence-electron chi connectivity index (χ1n) is 10.1. The van der Waals surface area contributed by atoms with Crippen LogP contribution in [-0.2, 0) is 4.79 Å². The Labute approximate surface area is 180 Å². The van der Waals surface area contributed by atoms with E-state index in [1.807, 2.05) is 69.3 Å². The van der Waals surface area contributed by atoms with E-state index in [1.165, 1.54) is 6.33 Å². The molecule has 2 heterocycles. The molecule has 2 aromatic carbocycles. The lowest BCUT2D eigenvalue weighted by atomic mass is 9.94. The van der Waals surface area contributed by atoms with Gasteiger partial charge in [-0.15, -0.1) is 0 Å². The predicted octanol–water partition coefficient (Wildman–Crippen LogP) is 4.00. The summed E-state index contributed by atoms with van der Waals surface area (Å²) >= 11 is 0. The summed E-state index contributed by atoms with van der Waals surface area (Å²) in [7, 11) is 1.60. The zero-order chi connectivity index (χ0) is 22.0. The van der Waals surface area contributed by atoms with E-state index in [0.717, 1.165) is 5.56 Å². The number of allylic oxidation sites excluding steroid dienone is 1. The van der Waals surface area contributed by atoms with E-state index < -0.39 is 6.04 Å². The van der Waals surface area contributed by atoms with Gasteiger partial charge in [0.2, 0.25) is 5.95 Å². The Hall–Kier alpha value is -3.81. The third-order valence-electron chi connectivity index (χ3n) is 4.94. The smallest absolute Gasteiger partial charge is 0.255 e. The topological polar surface area (TPSA) is 90.3 Å². The summed E-state index contributed by atoms with van der Waals surface area (Å²) in [4.78, 5) is 17.6. The van der Waals surface area contributed by atoms with Crippen molar-refractivity contribution in [2.75, 3.05) is 17.7 Å². The zero-order valence-corrected chi connectivity index (χ0v) is 17.9. The first-order chi connectivity index (χ1) is 15.0. The van der Waals surface area contributed by atoms with Crippen molar-refractivity contribution in [2.24, 2.45) is 0 Å². The largest absolute Gasteiger partial charge is 0.493 e. The minimum Gasteiger partial charge on any atom is -0.493 e. The quantitative estimate of drug-likeness (QED) is 0.628. The number of para-hydroxylation sites is 1. The summed E-state index contributed by atoms with van der Waals surface area (Å²) in [5.41, 5.74) is 2.80. The Morgan fingerprint density at radius 1 is 1.16 bits per heavy atom. The minimum atomic E-state index is -0.482. The van der Waals surface area contributed by atoms with Gasteiger partial charge in [0.1, 0.15) is 12.4 Å². The van der Waals surface area contributed by atoms with E-state index in [-0.39, 0.29) is 12.0 Å². The molecular weight excluding hydrogens is 394 g/mol. The lowest BCUT2D eigenvalue weighted by Crippen LogP contribution is -2.31. The molecule has 8 nitrogen and oxygen atoms in total. The van der Waals surface area contributed by atoms with Crippen LogP contribution in [-0.4, -0.2) is 33.9 Å². The molecule has 0 bridgehead atoms. The van der Waals surface area contributed by atoms with Crippen LogP contribution in [0, 0.1) is 0 Å². The first-order valence-corrected chi connectivity index (χ1v) is 10.1. The van der Waals surface area contributed by atoms with Gasteiger partial charge in [-0.1, -0.05) is 24.3 Å². The number of hydrogen-bond donors (Lipinski definition) is 2. The van der Waals surface area contributed by atoms with Crippen molar-refractivity contribution in [1.29, 1.82) is 0 Å². The first kappa shape index (κ1) is 20.5. The van der Waals surface area contributed by atoms with Crippen LogP contribution < -0.4 is 20.1 Å². The minimum absolute atomic E-state index is 0.00917. The van der Waals surface area contributed by atoms with Crippen molar-refractivity contribution < 1.29 is 14.3 Å². The number of nitrogens with zero attached hydrogens (tertiary/aromatic N) is 3. The van der Waals surface area contributed by atoms with E-state index in [2.05, 4.69) is 20.7 Å². The van der Waals surface area contributed by atoms with Crippen molar-refractivity contribution in [2.45, 2.75) is 32.9 Å². The van der Waals surface area contributed by atoms with Gasteiger partial charge in [-0.3, -0.25) is 4.79 Å². The summed E-state index contributed by atoms with van der Waals surface area (Å²) in [6.45, 7) is 5.78. The van der Waals surface area contributed by atoms with Gasteiger partial charge in [-0.25, -0.2) is 4.68 Å². The molecule has 0 radical (unpaired) electrons. The molecule has 0 saturated heterocycles.